The van der Waals surface area contributed by atoms with E-state index in [1.54, 1.807) is 18.2 Å². The van der Waals surface area contributed by atoms with Gasteiger partial charge in [-0.1, -0.05) is 22.9 Å². The number of benzene rings is 2. The Labute approximate surface area is 152 Å². The monoisotopic (exact) mass is 380 g/mol. The Bertz CT molecular complexity index is 960. The molecule has 0 atom stereocenters. The SMILES string of the molecule is COc1cc(F)c(C(=O)N(C)c2nc3ccc(Cl)cc3s2)cc1OC. The smallest absolute Gasteiger partial charge is 0.262 e. The second kappa shape index (κ2) is 6.85. The molecule has 0 spiro atoms. The molecule has 1 aromatic heterocycles. The van der Waals surface area contributed by atoms with Crippen LogP contribution in [0.2, 0.25) is 5.02 Å². The lowest BCUT2D eigenvalue weighted by molar-refractivity contribution is 0.0988. The van der Waals surface area contributed by atoms with Crippen LogP contribution in [-0.4, -0.2) is 32.2 Å². The van der Waals surface area contributed by atoms with Gasteiger partial charge in [0, 0.05) is 18.1 Å². The maximum absolute atomic E-state index is 14.3. The molecule has 3 rings (SSSR count). The number of rotatable bonds is 4. The summed E-state index contributed by atoms with van der Waals surface area (Å²) in [5.74, 6) is -0.743. The second-order valence-electron chi connectivity index (χ2n) is 5.16. The zero-order valence-electron chi connectivity index (χ0n) is 13.7. The molecule has 1 amide bonds. The highest BCUT2D eigenvalue weighted by Crippen LogP contribution is 2.33. The van der Waals surface area contributed by atoms with Gasteiger partial charge in [0.05, 0.1) is 30.0 Å². The quantitative estimate of drug-likeness (QED) is 0.674. The molecule has 0 bridgehead atoms. The van der Waals surface area contributed by atoms with Gasteiger partial charge >= 0.3 is 0 Å². The number of hydrogen-bond acceptors (Lipinski definition) is 5. The van der Waals surface area contributed by atoms with Crippen LogP contribution in [0.3, 0.4) is 0 Å². The van der Waals surface area contributed by atoms with Crippen molar-refractivity contribution in [1.29, 1.82) is 0 Å². The fourth-order valence-electron chi connectivity index (χ4n) is 2.32. The highest BCUT2D eigenvalue weighted by molar-refractivity contribution is 7.22. The molecule has 25 heavy (non-hydrogen) atoms. The number of hydrogen-bond donors (Lipinski definition) is 0. The molecule has 0 saturated carbocycles. The maximum Gasteiger partial charge on any atom is 0.262 e. The molecule has 0 aliphatic rings. The molecular formula is C17H14ClFN2O3S. The Hall–Kier alpha value is -2.38. The molecule has 5 nitrogen and oxygen atoms in total. The molecule has 0 N–H and O–H groups in total. The summed E-state index contributed by atoms with van der Waals surface area (Å²) in [5, 5.41) is 1.03. The van der Waals surface area contributed by atoms with Crippen molar-refractivity contribution in [3.63, 3.8) is 0 Å². The van der Waals surface area contributed by atoms with Gasteiger partial charge in [-0.3, -0.25) is 9.69 Å². The lowest BCUT2D eigenvalue weighted by atomic mass is 10.1. The van der Waals surface area contributed by atoms with Crippen molar-refractivity contribution in [2.24, 2.45) is 0 Å². The number of amides is 1. The van der Waals surface area contributed by atoms with Crippen molar-refractivity contribution in [3.05, 3.63) is 46.7 Å². The standard InChI is InChI=1S/C17H14ClFN2O3S/c1-21(17-20-12-5-4-9(18)6-15(12)25-17)16(22)10-7-13(23-2)14(24-3)8-11(10)19/h4-8H,1-3H3. The Kier molecular flexibility index (Phi) is 4.78. The number of aromatic nitrogens is 1. The third kappa shape index (κ3) is 3.25. The van der Waals surface area contributed by atoms with Gasteiger partial charge in [0.25, 0.3) is 5.91 Å². The van der Waals surface area contributed by atoms with Crippen molar-refractivity contribution in [2.75, 3.05) is 26.2 Å². The van der Waals surface area contributed by atoms with Crippen LogP contribution in [0, 0.1) is 5.82 Å². The number of fused-ring (bicyclic) bond motifs is 1. The van der Waals surface area contributed by atoms with Crippen LogP contribution in [0.25, 0.3) is 10.2 Å². The number of thiazole rings is 1. The number of methoxy groups -OCH3 is 2. The first-order valence-corrected chi connectivity index (χ1v) is 8.39. The third-order valence-electron chi connectivity index (χ3n) is 3.63. The topological polar surface area (TPSA) is 51.7 Å². The molecule has 1 heterocycles. The maximum atomic E-state index is 14.3. The van der Waals surface area contributed by atoms with Crippen LogP contribution in [0.5, 0.6) is 11.5 Å². The zero-order chi connectivity index (χ0) is 18.1. The summed E-state index contributed by atoms with van der Waals surface area (Å²) in [6.07, 6.45) is 0. The average Bonchev–Trinajstić information content (AvgIpc) is 3.03. The van der Waals surface area contributed by atoms with E-state index in [1.165, 1.54) is 43.6 Å². The van der Waals surface area contributed by atoms with E-state index in [1.807, 2.05) is 0 Å². The molecule has 0 unspecified atom stereocenters. The summed E-state index contributed by atoms with van der Waals surface area (Å²) in [6, 6.07) is 7.71. The molecular weight excluding hydrogens is 367 g/mol. The van der Waals surface area contributed by atoms with Crippen LogP contribution in [0.15, 0.2) is 30.3 Å². The van der Waals surface area contributed by atoms with Gasteiger partial charge in [-0.25, -0.2) is 9.37 Å². The fraction of sp³-hybridized carbons (Fsp3) is 0.176. The number of halogens is 2. The number of ether oxygens (including phenoxy) is 2. The van der Waals surface area contributed by atoms with E-state index >= 15 is 0 Å². The Morgan fingerprint density at radius 1 is 1.20 bits per heavy atom. The molecule has 0 radical (unpaired) electrons. The summed E-state index contributed by atoms with van der Waals surface area (Å²) in [7, 11) is 4.36. The molecule has 0 aliphatic carbocycles. The minimum absolute atomic E-state index is 0.127. The van der Waals surface area contributed by atoms with Crippen molar-refractivity contribution >= 4 is 44.2 Å². The van der Waals surface area contributed by atoms with Gasteiger partial charge in [-0.15, -0.1) is 0 Å². The molecule has 3 aromatic rings. The van der Waals surface area contributed by atoms with Gasteiger partial charge < -0.3 is 9.47 Å². The van der Waals surface area contributed by atoms with E-state index in [-0.39, 0.29) is 17.1 Å². The van der Waals surface area contributed by atoms with Crippen LogP contribution in [0.1, 0.15) is 10.4 Å². The number of nitrogens with zero attached hydrogens (tertiary/aromatic N) is 2. The van der Waals surface area contributed by atoms with Gasteiger partial charge in [0.1, 0.15) is 5.82 Å². The minimum Gasteiger partial charge on any atom is -0.493 e. The molecule has 8 heteroatoms. The number of carbonyl (C=O) groups excluding carboxylic acids is 1. The highest BCUT2D eigenvalue weighted by Gasteiger charge is 2.23. The van der Waals surface area contributed by atoms with Gasteiger partial charge in [0.15, 0.2) is 16.6 Å². The summed E-state index contributed by atoms with van der Waals surface area (Å²) in [6.45, 7) is 0. The Morgan fingerprint density at radius 2 is 1.88 bits per heavy atom. The summed E-state index contributed by atoms with van der Waals surface area (Å²) >= 11 is 7.27. The molecule has 2 aromatic carbocycles. The largest absolute Gasteiger partial charge is 0.493 e. The van der Waals surface area contributed by atoms with E-state index < -0.39 is 11.7 Å². The second-order valence-corrected chi connectivity index (χ2v) is 6.61. The third-order valence-corrected chi connectivity index (χ3v) is 4.96. The molecule has 130 valence electrons. The Morgan fingerprint density at radius 3 is 2.56 bits per heavy atom. The summed E-state index contributed by atoms with van der Waals surface area (Å²) in [4.78, 5) is 18.4. The Balaban J connectivity index is 1.98. The van der Waals surface area contributed by atoms with E-state index in [2.05, 4.69) is 4.98 Å². The molecule has 0 saturated heterocycles. The van der Waals surface area contributed by atoms with Gasteiger partial charge in [-0.05, 0) is 24.3 Å². The van der Waals surface area contributed by atoms with Crippen molar-refractivity contribution in [2.45, 2.75) is 0 Å². The minimum atomic E-state index is -0.696. The lowest BCUT2D eigenvalue weighted by Gasteiger charge is -2.16. The number of anilines is 1. The van der Waals surface area contributed by atoms with Gasteiger partial charge in [-0.2, -0.15) is 0 Å². The first kappa shape index (κ1) is 17.4. The van der Waals surface area contributed by atoms with Crippen LogP contribution in [0.4, 0.5) is 9.52 Å². The highest BCUT2D eigenvalue weighted by atomic mass is 35.5. The fourth-order valence-corrected chi connectivity index (χ4v) is 3.52. The van der Waals surface area contributed by atoms with Crippen molar-refractivity contribution < 1.29 is 18.7 Å². The van der Waals surface area contributed by atoms with Crippen LogP contribution < -0.4 is 14.4 Å². The number of carbonyl (C=O) groups is 1. The van der Waals surface area contributed by atoms with Crippen molar-refractivity contribution in [1.82, 2.24) is 4.98 Å². The first-order chi connectivity index (χ1) is 11.9. The zero-order valence-corrected chi connectivity index (χ0v) is 15.2. The summed E-state index contributed by atoms with van der Waals surface area (Å²) in [5.41, 5.74) is 0.592. The first-order valence-electron chi connectivity index (χ1n) is 7.20. The predicted octanol–water partition coefficient (Wildman–Crippen LogP) is 4.38. The average molecular weight is 381 g/mol. The van der Waals surface area contributed by atoms with E-state index in [0.717, 1.165) is 16.3 Å². The lowest BCUT2D eigenvalue weighted by Crippen LogP contribution is -2.27. The molecule has 0 aliphatic heterocycles. The summed E-state index contributed by atoms with van der Waals surface area (Å²) < 4.78 is 25.3. The van der Waals surface area contributed by atoms with Gasteiger partial charge in [0.2, 0.25) is 0 Å². The van der Waals surface area contributed by atoms with Crippen LogP contribution in [-0.2, 0) is 0 Å². The van der Waals surface area contributed by atoms with E-state index in [9.17, 15) is 9.18 Å². The predicted molar refractivity (Wildman–Crippen MR) is 96.9 cm³/mol. The van der Waals surface area contributed by atoms with Crippen LogP contribution >= 0.6 is 22.9 Å². The molecule has 0 fully saturated rings. The van der Waals surface area contributed by atoms with E-state index in [4.69, 9.17) is 21.1 Å². The van der Waals surface area contributed by atoms with Crippen molar-refractivity contribution in [3.8, 4) is 11.5 Å². The van der Waals surface area contributed by atoms with E-state index in [0.29, 0.717) is 10.2 Å². The normalized spacial score (nSPS) is 10.8.